The first-order valence-electron chi connectivity index (χ1n) is 5.04. The van der Waals surface area contributed by atoms with Crippen molar-refractivity contribution < 1.29 is 4.79 Å². The van der Waals surface area contributed by atoms with Gasteiger partial charge in [-0.05, 0) is 34.0 Å². The molecule has 0 radical (unpaired) electrons. The zero-order valence-electron chi connectivity index (χ0n) is 9.89. The van der Waals surface area contributed by atoms with E-state index in [9.17, 15) is 4.79 Å². The van der Waals surface area contributed by atoms with Gasteiger partial charge in [0.1, 0.15) is 0 Å². The Hall–Kier alpha value is -0.380. The molecule has 2 amide bonds. The number of hydrogen-bond donors (Lipinski definition) is 1. The molecule has 0 atom stereocenters. The number of carbonyl (C=O) groups excluding carboxylic acids is 1. The van der Waals surface area contributed by atoms with E-state index in [-0.39, 0.29) is 10.8 Å². The Morgan fingerprint density at radius 2 is 1.86 bits per heavy atom. The van der Waals surface area contributed by atoms with E-state index in [1.807, 2.05) is 13.8 Å². The summed E-state index contributed by atoms with van der Waals surface area (Å²) in [6.07, 6.45) is 2.06. The molecule has 0 aromatic rings. The molecule has 0 unspecified atom stereocenters. The van der Waals surface area contributed by atoms with Gasteiger partial charge in [0.2, 0.25) is 0 Å². The number of nitrogens with zero attached hydrogens (tertiary/aromatic N) is 1. The molecular formula is C10H22N2OS. The third-order valence-electron chi connectivity index (χ3n) is 2.27. The van der Waals surface area contributed by atoms with Gasteiger partial charge >= 0.3 is 6.03 Å². The van der Waals surface area contributed by atoms with Crippen molar-refractivity contribution in [3.8, 4) is 0 Å². The maximum absolute atomic E-state index is 11.6. The highest BCUT2D eigenvalue weighted by Crippen LogP contribution is 2.19. The lowest BCUT2D eigenvalue weighted by Crippen LogP contribution is -2.44. The molecule has 0 rings (SSSR count). The molecule has 0 bridgehead atoms. The first kappa shape index (κ1) is 13.6. The summed E-state index contributed by atoms with van der Waals surface area (Å²) in [6.45, 7) is 10.5. The van der Waals surface area contributed by atoms with Gasteiger partial charge in [-0.15, -0.1) is 0 Å². The van der Waals surface area contributed by atoms with Crippen LogP contribution in [0.5, 0.6) is 0 Å². The number of urea groups is 1. The van der Waals surface area contributed by atoms with Crippen LogP contribution in [0, 0.1) is 0 Å². The summed E-state index contributed by atoms with van der Waals surface area (Å²) in [4.78, 5) is 13.4. The topological polar surface area (TPSA) is 32.3 Å². The lowest BCUT2D eigenvalue weighted by atomic mass is 10.2. The lowest BCUT2D eigenvalue weighted by molar-refractivity contribution is 0.202. The molecule has 0 aliphatic carbocycles. The van der Waals surface area contributed by atoms with Crippen LogP contribution in [0.2, 0.25) is 0 Å². The molecule has 0 aliphatic heterocycles. The molecule has 0 heterocycles. The largest absolute Gasteiger partial charge is 0.337 e. The monoisotopic (exact) mass is 218 g/mol. The van der Waals surface area contributed by atoms with E-state index < -0.39 is 0 Å². The zero-order valence-corrected chi connectivity index (χ0v) is 10.7. The number of rotatable bonds is 5. The Morgan fingerprint density at radius 1 is 1.36 bits per heavy atom. The van der Waals surface area contributed by atoms with Crippen LogP contribution in [0.4, 0.5) is 4.79 Å². The molecule has 1 N–H and O–H groups in total. The summed E-state index contributed by atoms with van der Waals surface area (Å²) in [5.41, 5.74) is 0. The second-order valence-corrected chi connectivity index (χ2v) is 5.31. The molecule has 84 valence electrons. The van der Waals surface area contributed by atoms with Crippen molar-refractivity contribution >= 4 is 17.8 Å². The quantitative estimate of drug-likeness (QED) is 0.767. The second-order valence-electron chi connectivity index (χ2n) is 3.79. The molecule has 0 aromatic heterocycles. The minimum atomic E-state index is 0.0390. The summed E-state index contributed by atoms with van der Waals surface area (Å²) >= 11 is 1.76. The molecule has 0 aromatic carbocycles. The normalized spacial score (nSPS) is 11.2. The molecule has 4 heteroatoms. The maximum Gasteiger partial charge on any atom is 0.317 e. The molecule has 0 saturated heterocycles. The van der Waals surface area contributed by atoms with Crippen LogP contribution < -0.4 is 5.32 Å². The van der Waals surface area contributed by atoms with Crippen LogP contribution in [0.1, 0.15) is 27.7 Å². The fraction of sp³-hybridized carbons (Fsp3) is 0.900. The predicted molar refractivity (Wildman–Crippen MR) is 63.9 cm³/mol. The highest BCUT2D eigenvalue weighted by molar-refractivity contribution is 7.99. The van der Waals surface area contributed by atoms with Gasteiger partial charge in [-0.1, -0.05) is 0 Å². The smallest absolute Gasteiger partial charge is 0.317 e. The van der Waals surface area contributed by atoms with E-state index in [4.69, 9.17) is 0 Å². The van der Waals surface area contributed by atoms with Gasteiger partial charge in [0.25, 0.3) is 0 Å². The van der Waals surface area contributed by atoms with E-state index >= 15 is 0 Å². The standard InChI is InChI=1S/C10H22N2OS/c1-6-12(7-2)9(13)11-8-10(3,4)14-5/h6-8H2,1-5H3,(H,11,13). The number of thioether (sulfide) groups is 1. The number of amides is 2. The predicted octanol–water partition coefficient (Wildman–Crippen LogP) is 2.18. The minimum Gasteiger partial charge on any atom is -0.337 e. The zero-order chi connectivity index (χ0) is 11.2. The molecule has 0 spiro atoms. The van der Waals surface area contributed by atoms with E-state index in [2.05, 4.69) is 25.4 Å². The summed E-state index contributed by atoms with van der Waals surface area (Å²) in [5, 5.41) is 2.94. The Morgan fingerprint density at radius 3 is 2.21 bits per heavy atom. The van der Waals surface area contributed by atoms with Crippen molar-refractivity contribution in [1.82, 2.24) is 10.2 Å². The highest BCUT2D eigenvalue weighted by atomic mass is 32.2. The lowest BCUT2D eigenvalue weighted by Gasteiger charge is -2.25. The average molecular weight is 218 g/mol. The Balaban J connectivity index is 3.95. The average Bonchev–Trinajstić information content (AvgIpc) is 2.17. The van der Waals surface area contributed by atoms with Crippen LogP contribution >= 0.6 is 11.8 Å². The Kier molecular flexibility index (Phi) is 6.00. The van der Waals surface area contributed by atoms with Gasteiger partial charge in [0, 0.05) is 24.4 Å². The Labute approximate surface area is 91.6 Å². The van der Waals surface area contributed by atoms with Crippen molar-refractivity contribution in [2.75, 3.05) is 25.9 Å². The van der Waals surface area contributed by atoms with Gasteiger partial charge in [-0.3, -0.25) is 0 Å². The molecule has 0 fully saturated rings. The molecular weight excluding hydrogens is 196 g/mol. The van der Waals surface area contributed by atoms with Crippen LogP contribution in [-0.4, -0.2) is 41.6 Å². The van der Waals surface area contributed by atoms with E-state index in [0.717, 1.165) is 13.1 Å². The van der Waals surface area contributed by atoms with Crippen molar-refractivity contribution in [3.63, 3.8) is 0 Å². The van der Waals surface area contributed by atoms with Gasteiger partial charge < -0.3 is 10.2 Å². The fourth-order valence-corrected chi connectivity index (χ4v) is 1.20. The number of hydrogen-bond acceptors (Lipinski definition) is 2. The minimum absolute atomic E-state index is 0.0390. The molecule has 0 aliphatic rings. The fourth-order valence-electron chi connectivity index (χ4n) is 0.983. The van der Waals surface area contributed by atoms with Crippen LogP contribution in [0.3, 0.4) is 0 Å². The summed E-state index contributed by atoms with van der Waals surface area (Å²) in [7, 11) is 0. The second kappa shape index (κ2) is 6.17. The van der Waals surface area contributed by atoms with Gasteiger partial charge in [-0.25, -0.2) is 4.79 Å². The highest BCUT2D eigenvalue weighted by Gasteiger charge is 2.18. The summed E-state index contributed by atoms with van der Waals surface area (Å²) in [5.74, 6) is 0. The van der Waals surface area contributed by atoms with Gasteiger partial charge in [0.05, 0.1) is 0 Å². The van der Waals surface area contributed by atoms with Crippen molar-refractivity contribution in [1.29, 1.82) is 0 Å². The van der Waals surface area contributed by atoms with Crippen molar-refractivity contribution in [2.24, 2.45) is 0 Å². The molecule has 3 nitrogen and oxygen atoms in total. The number of carbonyl (C=O) groups is 1. The van der Waals surface area contributed by atoms with Crippen LogP contribution in [0.15, 0.2) is 0 Å². The third-order valence-corrected chi connectivity index (χ3v) is 3.52. The van der Waals surface area contributed by atoms with E-state index in [1.54, 1.807) is 16.7 Å². The van der Waals surface area contributed by atoms with Crippen molar-refractivity contribution in [2.45, 2.75) is 32.4 Å². The van der Waals surface area contributed by atoms with E-state index in [0.29, 0.717) is 6.54 Å². The van der Waals surface area contributed by atoms with E-state index in [1.165, 1.54) is 0 Å². The first-order valence-corrected chi connectivity index (χ1v) is 6.27. The van der Waals surface area contributed by atoms with Crippen LogP contribution in [-0.2, 0) is 0 Å². The van der Waals surface area contributed by atoms with Crippen LogP contribution in [0.25, 0.3) is 0 Å². The third kappa shape index (κ3) is 4.74. The summed E-state index contributed by atoms with van der Waals surface area (Å²) in [6, 6.07) is 0.0390. The summed E-state index contributed by atoms with van der Waals surface area (Å²) < 4.78 is 0.114. The van der Waals surface area contributed by atoms with Gasteiger partial charge in [-0.2, -0.15) is 11.8 Å². The maximum atomic E-state index is 11.6. The number of nitrogens with one attached hydrogen (secondary N) is 1. The SMILES string of the molecule is CCN(CC)C(=O)NCC(C)(C)SC. The van der Waals surface area contributed by atoms with Crippen molar-refractivity contribution in [3.05, 3.63) is 0 Å². The molecule has 0 saturated carbocycles. The van der Waals surface area contributed by atoms with Gasteiger partial charge in [0.15, 0.2) is 0 Å². The first-order chi connectivity index (χ1) is 6.46. The molecule has 14 heavy (non-hydrogen) atoms. The Bertz CT molecular complexity index is 179.